The third kappa shape index (κ3) is 5.58. The topological polar surface area (TPSA) is 15.7 Å². The summed E-state index contributed by atoms with van der Waals surface area (Å²) in [7, 11) is 4.23. The Labute approximate surface area is 329 Å². The number of rotatable bonds is 6. The maximum atomic E-state index is 7.92. The van der Waals surface area contributed by atoms with Crippen molar-refractivity contribution in [3.8, 4) is 16.9 Å². The minimum atomic E-state index is -0.767. The summed E-state index contributed by atoms with van der Waals surface area (Å²) in [5.41, 5.74) is 12.9. The van der Waals surface area contributed by atoms with Crippen molar-refractivity contribution in [3.63, 3.8) is 0 Å². The van der Waals surface area contributed by atoms with E-state index in [1.165, 1.54) is 106 Å². The Morgan fingerprint density at radius 2 is 1.49 bits per heavy atom. The predicted octanol–water partition coefficient (Wildman–Crippen LogP) is 13.1. The molecule has 282 valence electrons. The van der Waals surface area contributed by atoms with Gasteiger partial charge in [-0.3, -0.25) is 0 Å². The molecular formula is C52H58N2O. The molecule has 55 heavy (non-hydrogen) atoms. The van der Waals surface area contributed by atoms with Gasteiger partial charge in [0, 0.05) is 60.6 Å². The molecule has 3 aliphatic carbocycles. The molecule has 4 atom stereocenters. The molecule has 5 aromatic carbocycles. The van der Waals surface area contributed by atoms with Gasteiger partial charge in [-0.2, -0.15) is 0 Å². The highest BCUT2D eigenvalue weighted by atomic mass is 16.5. The number of hydrogen-bond acceptors (Lipinski definition) is 3. The average Bonchev–Trinajstić information content (AvgIpc) is 4.06. The number of benzene rings is 5. The lowest BCUT2D eigenvalue weighted by atomic mass is 9.50. The number of fused-ring (bicyclic) bond motifs is 11. The third-order valence-corrected chi connectivity index (χ3v) is 14.5. The molecule has 5 aromatic rings. The Hall–Kier alpha value is -4.50. The van der Waals surface area contributed by atoms with E-state index < -0.39 is 5.60 Å². The molecular weight excluding hydrogens is 669 g/mol. The van der Waals surface area contributed by atoms with Crippen molar-refractivity contribution in [2.45, 2.75) is 96.0 Å². The molecule has 5 aliphatic rings. The van der Waals surface area contributed by atoms with Gasteiger partial charge in [0.05, 0.1) is 0 Å². The normalized spacial score (nSPS) is 25.1. The molecule has 4 unspecified atom stereocenters. The first-order valence-electron chi connectivity index (χ1n) is 21.4. The SMILES string of the molecule is CC(C)C1CCC(C)(C)C2c3c4c(c5cc(N6CCCCC6)ccc5c3-c3ccccc3C12)OC(c1ccc(C2CC2)cc1)(c1ccc(N(C)C)cc1)C=C4. The van der Waals surface area contributed by atoms with Gasteiger partial charge in [-0.1, -0.05) is 101 Å². The lowest BCUT2D eigenvalue weighted by molar-refractivity contribution is 0.0962. The van der Waals surface area contributed by atoms with Gasteiger partial charge < -0.3 is 14.5 Å². The molecule has 0 radical (unpaired) electrons. The van der Waals surface area contributed by atoms with Gasteiger partial charge in [-0.05, 0) is 143 Å². The molecule has 3 fully saturated rings. The van der Waals surface area contributed by atoms with Crippen LogP contribution < -0.4 is 14.5 Å². The van der Waals surface area contributed by atoms with Gasteiger partial charge in [0.15, 0.2) is 5.60 Å². The summed E-state index contributed by atoms with van der Waals surface area (Å²) in [5, 5.41) is 2.58. The molecule has 1 saturated heterocycles. The predicted molar refractivity (Wildman–Crippen MR) is 232 cm³/mol. The summed E-state index contributed by atoms with van der Waals surface area (Å²) < 4.78 is 7.92. The van der Waals surface area contributed by atoms with Crippen molar-refractivity contribution in [1.82, 2.24) is 0 Å². The maximum absolute atomic E-state index is 7.92. The fourth-order valence-electron chi connectivity index (χ4n) is 11.4. The van der Waals surface area contributed by atoms with Crippen LogP contribution >= 0.6 is 0 Å². The first-order chi connectivity index (χ1) is 26.6. The monoisotopic (exact) mass is 726 g/mol. The Morgan fingerprint density at radius 1 is 0.782 bits per heavy atom. The number of hydrogen-bond donors (Lipinski definition) is 0. The fourth-order valence-corrected chi connectivity index (χ4v) is 11.4. The lowest BCUT2D eigenvalue weighted by Crippen LogP contribution is -2.41. The number of nitrogens with zero attached hydrogens (tertiary/aromatic N) is 2. The summed E-state index contributed by atoms with van der Waals surface area (Å²) in [6, 6.07) is 35.4. The van der Waals surface area contributed by atoms with E-state index in [0.29, 0.717) is 29.6 Å². The van der Waals surface area contributed by atoms with Crippen LogP contribution in [0.2, 0.25) is 0 Å². The van der Waals surface area contributed by atoms with Crippen LogP contribution in [0.5, 0.6) is 5.75 Å². The summed E-state index contributed by atoms with van der Waals surface area (Å²) in [4.78, 5) is 4.79. The summed E-state index contributed by atoms with van der Waals surface area (Å²) in [6.45, 7) is 12.3. The first-order valence-corrected chi connectivity index (χ1v) is 21.4. The quantitative estimate of drug-likeness (QED) is 0.173. The molecule has 10 rings (SSSR count). The molecule has 2 aliphatic heterocycles. The van der Waals surface area contributed by atoms with Crippen LogP contribution in [-0.2, 0) is 5.60 Å². The number of piperidine rings is 1. The van der Waals surface area contributed by atoms with E-state index in [4.69, 9.17) is 4.74 Å². The van der Waals surface area contributed by atoms with Gasteiger partial charge in [0.25, 0.3) is 0 Å². The van der Waals surface area contributed by atoms with Crippen LogP contribution in [0.25, 0.3) is 28.0 Å². The highest BCUT2D eigenvalue weighted by Crippen LogP contribution is 2.66. The summed E-state index contributed by atoms with van der Waals surface area (Å²) >= 11 is 0. The molecule has 3 nitrogen and oxygen atoms in total. The van der Waals surface area contributed by atoms with Gasteiger partial charge in [0.1, 0.15) is 5.75 Å². The molecule has 2 heterocycles. The Kier molecular flexibility index (Phi) is 8.29. The molecule has 0 bridgehead atoms. The average molecular weight is 727 g/mol. The second-order valence-electron chi connectivity index (χ2n) is 18.8. The van der Waals surface area contributed by atoms with Crippen molar-refractivity contribution in [2.75, 3.05) is 37.0 Å². The number of ether oxygens (including phenoxy) is 1. The van der Waals surface area contributed by atoms with Crippen LogP contribution in [0.1, 0.15) is 124 Å². The minimum Gasteiger partial charge on any atom is -0.472 e. The molecule has 0 aromatic heterocycles. The van der Waals surface area contributed by atoms with Crippen LogP contribution in [0.3, 0.4) is 0 Å². The van der Waals surface area contributed by atoms with E-state index in [1.54, 1.807) is 5.56 Å². The van der Waals surface area contributed by atoms with E-state index in [2.05, 4.69) is 155 Å². The Morgan fingerprint density at radius 3 is 2.18 bits per heavy atom. The van der Waals surface area contributed by atoms with Crippen LogP contribution in [0, 0.1) is 17.3 Å². The molecule has 2 saturated carbocycles. The largest absolute Gasteiger partial charge is 0.472 e. The van der Waals surface area contributed by atoms with Gasteiger partial charge in [-0.15, -0.1) is 0 Å². The molecule has 0 N–H and O–H groups in total. The van der Waals surface area contributed by atoms with Crippen molar-refractivity contribution in [3.05, 3.63) is 130 Å². The molecule has 3 heteroatoms. The molecule has 0 spiro atoms. The van der Waals surface area contributed by atoms with Crippen LogP contribution in [0.4, 0.5) is 11.4 Å². The van der Waals surface area contributed by atoms with Crippen molar-refractivity contribution >= 4 is 28.2 Å². The maximum Gasteiger partial charge on any atom is 0.178 e. The van der Waals surface area contributed by atoms with Gasteiger partial charge >= 0.3 is 0 Å². The van der Waals surface area contributed by atoms with Crippen LogP contribution in [0.15, 0.2) is 97.1 Å². The summed E-state index contributed by atoms with van der Waals surface area (Å²) in [6.07, 6.45) is 13.9. The van der Waals surface area contributed by atoms with Crippen molar-refractivity contribution in [1.29, 1.82) is 0 Å². The second-order valence-corrected chi connectivity index (χ2v) is 18.8. The zero-order valence-corrected chi connectivity index (χ0v) is 33.9. The van der Waals surface area contributed by atoms with E-state index in [1.807, 2.05) is 0 Å². The van der Waals surface area contributed by atoms with Crippen molar-refractivity contribution < 1.29 is 4.74 Å². The Bertz CT molecular complexity index is 2240. The summed E-state index contributed by atoms with van der Waals surface area (Å²) in [5.74, 6) is 3.86. The van der Waals surface area contributed by atoms with E-state index in [0.717, 1.165) is 18.8 Å². The lowest BCUT2D eigenvalue weighted by Gasteiger charge is -2.54. The van der Waals surface area contributed by atoms with Crippen LogP contribution in [-0.4, -0.2) is 27.2 Å². The molecule has 0 amide bonds. The standard InChI is InChI=1S/C52H58N2O/c1-33(2)40-26-28-51(3,4)49-47(40)42-13-9-8-12-41(42)46-43-25-24-39(54-30-10-7-11-31-54)32-45(43)50-44(48(46)49)27-29-52(55-50,37-20-22-38(23-21-37)53(5)6)36-18-16-35(17-19-36)34-14-15-34/h8-9,12-13,16-25,27,29,32-34,40,47,49H,7,10-11,14-15,26,28,30-31H2,1-6H3. The zero-order valence-electron chi connectivity index (χ0n) is 33.9. The van der Waals surface area contributed by atoms with Gasteiger partial charge in [-0.25, -0.2) is 0 Å². The minimum absolute atomic E-state index is 0.135. The van der Waals surface area contributed by atoms with Crippen molar-refractivity contribution in [2.24, 2.45) is 17.3 Å². The smallest absolute Gasteiger partial charge is 0.178 e. The zero-order chi connectivity index (χ0) is 37.6. The fraction of sp³-hybridized carbons (Fsp3) is 0.423. The third-order valence-electron chi connectivity index (χ3n) is 14.5. The number of anilines is 2. The highest BCUT2D eigenvalue weighted by molar-refractivity contribution is 6.08. The van der Waals surface area contributed by atoms with Gasteiger partial charge in [0.2, 0.25) is 0 Å². The van der Waals surface area contributed by atoms with E-state index in [9.17, 15) is 0 Å². The Balaban J connectivity index is 1.26. The van der Waals surface area contributed by atoms with E-state index >= 15 is 0 Å². The second kappa shape index (κ2) is 13.0. The highest BCUT2D eigenvalue weighted by Gasteiger charge is 2.52. The first kappa shape index (κ1) is 35.0. The van der Waals surface area contributed by atoms with E-state index in [-0.39, 0.29) is 5.41 Å².